The smallest absolute Gasteiger partial charge is 0.319 e. The Labute approximate surface area is 161 Å². The van der Waals surface area contributed by atoms with E-state index in [9.17, 15) is 9.59 Å². The van der Waals surface area contributed by atoms with E-state index in [0.717, 1.165) is 32.4 Å². The first-order chi connectivity index (χ1) is 13.1. The number of carbonyl (C=O) groups excluding carboxylic acids is 2. The van der Waals surface area contributed by atoms with Crippen molar-refractivity contribution in [3.05, 3.63) is 29.8 Å². The van der Waals surface area contributed by atoms with Crippen LogP contribution in [0.5, 0.6) is 0 Å². The minimum absolute atomic E-state index is 0.0672. The van der Waals surface area contributed by atoms with Gasteiger partial charge in [-0.25, -0.2) is 4.79 Å². The van der Waals surface area contributed by atoms with Crippen LogP contribution in [-0.4, -0.2) is 49.2 Å². The van der Waals surface area contributed by atoms with Crippen LogP contribution < -0.4 is 10.6 Å². The fourth-order valence-electron chi connectivity index (χ4n) is 3.88. The fraction of sp³-hybridized carbons (Fsp3) is 0.619. The molecule has 3 amide bonds. The Morgan fingerprint density at radius 3 is 2.48 bits per heavy atom. The van der Waals surface area contributed by atoms with Crippen LogP contribution in [0.25, 0.3) is 0 Å². The Kier molecular flexibility index (Phi) is 7.10. The van der Waals surface area contributed by atoms with Gasteiger partial charge in [-0.05, 0) is 55.9 Å². The minimum atomic E-state index is -0.256. The topological polar surface area (TPSA) is 70.7 Å². The fourth-order valence-corrected chi connectivity index (χ4v) is 3.88. The Balaban J connectivity index is 1.37. The SMILES string of the molecule is C[C@H]1CCCC[C@@H]1OCCNC(=O)Nc1ccc(C(=O)N2CCCC2)cc1. The number of hydrogen-bond donors (Lipinski definition) is 2. The molecule has 1 aromatic carbocycles. The lowest BCUT2D eigenvalue weighted by Gasteiger charge is -2.28. The van der Waals surface area contributed by atoms with Gasteiger partial charge >= 0.3 is 6.03 Å². The number of ether oxygens (including phenoxy) is 1. The number of benzene rings is 1. The van der Waals surface area contributed by atoms with Crippen molar-refractivity contribution >= 4 is 17.6 Å². The van der Waals surface area contributed by atoms with Gasteiger partial charge in [-0.15, -0.1) is 0 Å². The summed E-state index contributed by atoms with van der Waals surface area (Å²) in [5, 5.41) is 5.61. The van der Waals surface area contributed by atoms with Crippen LogP contribution in [0.4, 0.5) is 10.5 Å². The number of nitrogens with one attached hydrogen (secondary N) is 2. The third-order valence-electron chi connectivity index (χ3n) is 5.54. The molecule has 6 heteroatoms. The van der Waals surface area contributed by atoms with E-state index >= 15 is 0 Å². The number of amides is 3. The molecular weight excluding hydrogens is 342 g/mol. The predicted molar refractivity (Wildman–Crippen MR) is 106 cm³/mol. The molecule has 0 unspecified atom stereocenters. The molecule has 0 bridgehead atoms. The number of rotatable bonds is 6. The van der Waals surface area contributed by atoms with Crippen LogP contribution in [0.2, 0.25) is 0 Å². The van der Waals surface area contributed by atoms with Crippen molar-refractivity contribution < 1.29 is 14.3 Å². The largest absolute Gasteiger partial charge is 0.376 e. The minimum Gasteiger partial charge on any atom is -0.376 e. The zero-order valence-electron chi connectivity index (χ0n) is 16.2. The van der Waals surface area contributed by atoms with Crippen LogP contribution in [0, 0.1) is 5.92 Å². The molecule has 0 aromatic heterocycles. The number of likely N-dealkylation sites (tertiary alicyclic amines) is 1. The van der Waals surface area contributed by atoms with Gasteiger partial charge in [0.15, 0.2) is 0 Å². The molecule has 0 spiro atoms. The van der Waals surface area contributed by atoms with Crippen LogP contribution in [0.15, 0.2) is 24.3 Å². The van der Waals surface area contributed by atoms with E-state index in [1.807, 2.05) is 4.90 Å². The summed E-state index contributed by atoms with van der Waals surface area (Å²) in [7, 11) is 0. The molecule has 1 heterocycles. The first-order valence-electron chi connectivity index (χ1n) is 10.2. The molecule has 2 atom stereocenters. The number of anilines is 1. The molecule has 2 N–H and O–H groups in total. The summed E-state index contributed by atoms with van der Waals surface area (Å²) >= 11 is 0. The highest BCUT2D eigenvalue weighted by Gasteiger charge is 2.21. The quantitative estimate of drug-likeness (QED) is 0.748. The van der Waals surface area contributed by atoms with Crippen molar-refractivity contribution in [3.63, 3.8) is 0 Å². The van der Waals surface area contributed by atoms with E-state index in [4.69, 9.17) is 4.74 Å². The van der Waals surface area contributed by atoms with E-state index in [0.29, 0.717) is 36.4 Å². The van der Waals surface area contributed by atoms with Crippen LogP contribution in [0.1, 0.15) is 55.8 Å². The molecule has 0 radical (unpaired) electrons. The summed E-state index contributed by atoms with van der Waals surface area (Å²) in [5.74, 6) is 0.673. The van der Waals surface area contributed by atoms with E-state index in [2.05, 4.69) is 17.6 Å². The lowest BCUT2D eigenvalue weighted by Crippen LogP contribution is -2.34. The molecule has 148 valence electrons. The highest BCUT2D eigenvalue weighted by molar-refractivity contribution is 5.95. The maximum Gasteiger partial charge on any atom is 0.319 e. The van der Waals surface area contributed by atoms with Crippen molar-refractivity contribution in [2.45, 2.75) is 51.6 Å². The second kappa shape index (κ2) is 9.74. The second-order valence-electron chi connectivity index (χ2n) is 7.63. The van der Waals surface area contributed by atoms with Crippen molar-refractivity contribution in [2.24, 2.45) is 5.92 Å². The number of carbonyl (C=O) groups is 2. The van der Waals surface area contributed by atoms with Crippen LogP contribution in [-0.2, 0) is 4.74 Å². The highest BCUT2D eigenvalue weighted by Crippen LogP contribution is 2.26. The van der Waals surface area contributed by atoms with Gasteiger partial charge in [0.05, 0.1) is 12.7 Å². The van der Waals surface area contributed by atoms with Gasteiger partial charge in [-0.2, -0.15) is 0 Å². The van der Waals surface area contributed by atoms with E-state index in [-0.39, 0.29) is 11.9 Å². The maximum absolute atomic E-state index is 12.3. The predicted octanol–water partition coefficient (Wildman–Crippen LogP) is 3.64. The van der Waals surface area contributed by atoms with E-state index in [1.54, 1.807) is 24.3 Å². The third kappa shape index (κ3) is 5.70. The van der Waals surface area contributed by atoms with E-state index < -0.39 is 0 Å². The molecule has 2 aliphatic rings. The molecule has 27 heavy (non-hydrogen) atoms. The van der Waals surface area contributed by atoms with Gasteiger partial charge in [0, 0.05) is 30.9 Å². The molecule has 1 aliphatic carbocycles. The third-order valence-corrected chi connectivity index (χ3v) is 5.54. The van der Waals surface area contributed by atoms with Gasteiger partial charge in [0.25, 0.3) is 5.91 Å². The summed E-state index contributed by atoms with van der Waals surface area (Å²) in [6.45, 7) is 4.93. The molecule has 2 fully saturated rings. The Morgan fingerprint density at radius 2 is 1.78 bits per heavy atom. The number of hydrogen-bond acceptors (Lipinski definition) is 3. The lowest BCUT2D eigenvalue weighted by atomic mass is 9.88. The van der Waals surface area contributed by atoms with Crippen LogP contribution >= 0.6 is 0 Å². The number of nitrogens with zero attached hydrogens (tertiary/aromatic N) is 1. The summed E-state index contributed by atoms with van der Waals surface area (Å²) in [4.78, 5) is 26.2. The summed E-state index contributed by atoms with van der Waals surface area (Å²) in [6.07, 6.45) is 7.36. The molecule has 1 aliphatic heterocycles. The first kappa shape index (κ1) is 19.7. The van der Waals surface area contributed by atoms with Gasteiger partial charge in [-0.1, -0.05) is 19.8 Å². The Hall–Kier alpha value is -2.08. The van der Waals surface area contributed by atoms with Gasteiger partial charge in [-0.3, -0.25) is 4.79 Å². The van der Waals surface area contributed by atoms with Gasteiger partial charge < -0.3 is 20.3 Å². The van der Waals surface area contributed by atoms with Gasteiger partial charge in [0.1, 0.15) is 0 Å². The molecule has 1 aromatic rings. The zero-order valence-corrected chi connectivity index (χ0v) is 16.2. The number of urea groups is 1. The molecule has 1 saturated heterocycles. The lowest BCUT2D eigenvalue weighted by molar-refractivity contribution is -0.00232. The van der Waals surface area contributed by atoms with E-state index in [1.165, 1.54) is 19.3 Å². The average molecular weight is 373 g/mol. The highest BCUT2D eigenvalue weighted by atomic mass is 16.5. The van der Waals surface area contributed by atoms with Crippen molar-refractivity contribution in [1.29, 1.82) is 0 Å². The summed E-state index contributed by atoms with van der Waals surface area (Å²) in [5.41, 5.74) is 1.34. The average Bonchev–Trinajstić information content (AvgIpc) is 3.21. The molecule has 3 rings (SSSR count). The van der Waals surface area contributed by atoms with Gasteiger partial charge in [0.2, 0.25) is 0 Å². The molecular formula is C21H31N3O3. The van der Waals surface area contributed by atoms with Crippen LogP contribution in [0.3, 0.4) is 0 Å². The Bertz CT molecular complexity index is 626. The Morgan fingerprint density at radius 1 is 1.07 bits per heavy atom. The van der Waals surface area contributed by atoms with Crippen molar-refractivity contribution in [3.8, 4) is 0 Å². The molecule has 6 nitrogen and oxygen atoms in total. The summed E-state index contributed by atoms with van der Waals surface area (Å²) in [6, 6.07) is 6.81. The molecule has 1 saturated carbocycles. The summed E-state index contributed by atoms with van der Waals surface area (Å²) < 4.78 is 5.90. The van der Waals surface area contributed by atoms with Crippen molar-refractivity contribution in [2.75, 3.05) is 31.6 Å². The zero-order chi connectivity index (χ0) is 19.1. The normalized spacial score (nSPS) is 22.5. The second-order valence-corrected chi connectivity index (χ2v) is 7.63. The first-order valence-corrected chi connectivity index (χ1v) is 10.2. The standard InChI is InChI=1S/C21H31N3O3/c1-16-6-2-3-7-19(16)27-15-12-22-21(26)23-18-10-8-17(9-11-18)20(25)24-13-4-5-14-24/h8-11,16,19H,2-7,12-15H2,1H3,(H2,22,23,26)/t16-,19-/m0/s1. The monoisotopic (exact) mass is 373 g/mol. The maximum atomic E-state index is 12.3. The van der Waals surface area contributed by atoms with Crippen molar-refractivity contribution in [1.82, 2.24) is 10.2 Å².